The van der Waals surface area contributed by atoms with Crippen molar-refractivity contribution < 1.29 is 19.0 Å². The molecule has 0 aromatic heterocycles. The van der Waals surface area contributed by atoms with Gasteiger partial charge in [0.25, 0.3) is 5.91 Å². The molecule has 0 bridgehead atoms. The van der Waals surface area contributed by atoms with Crippen LogP contribution in [-0.2, 0) is 11.3 Å². The lowest BCUT2D eigenvalue weighted by atomic mass is 10.2. The van der Waals surface area contributed by atoms with Gasteiger partial charge in [0.1, 0.15) is 0 Å². The summed E-state index contributed by atoms with van der Waals surface area (Å²) in [5.41, 5.74) is 1.81. The van der Waals surface area contributed by atoms with E-state index in [-0.39, 0.29) is 31.4 Å². The lowest BCUT2D eigenvalue weighted by molar-refractivity contribution is -0.134. The van der Waals surface area contributed by atoms with Crippen LogP contribution in [0.4, 0.5) is 4.39 Å². The fraction of sp³-hybridized carbons (Fsp3) is 0.278. The maximum absolute atomic E-state index is 13.6. The average Bonchev–Trinajstić information content (AvgIpc) is 2.56. The van der Waals surface area contributed by atoms with Crippen LogP contribution in [0, 0.1) is 12.7 Å². The van der Waals surface area contributed by atoms with E-state index >= 15 is 0 Å². The number of halogens is 1. The van der Waals surface area contributed by atoms with Crippen LogP contribution >= 0.6 is 0 Å². The Morgan fingerprint density at radius 3 is 2.65 bits per heavy atom. The van der Waals surface area contributed by atoms with Crippen LogP contribution < -0.4 is 4.74 Å². The number of amides is 1. The van der Waals surface area contributed by atoms with Crippen LogP contribution in [0.5, 0.6) is 5.75 Å². The molecule has 1 amide bonds. The summed E-state index contributed by atoms with van der Waals surface area (Å²) in [5, 5.41) is 9.13. The molecule has 0 aliphatic carbocycles. The Bertz CT molecular complexity index is 646. The van der Waals surface area contributed by atoms with Gasteiger partial charge in [-0.25, -0.2) is 4.39 Å². The van der Waals surface area contributed by atoms with Gasteiger partial charge < -0.3 is 14.7 Å². The van der Waals surface area contributed by atoms with E-state index < -0.39 is 5.82 Å². The Morgan fingerprint density at radius 2 is 1.96 bits per heavy atom. The molecule has 5 heteroatoms. The van der Waals surface area contributed by atoms with Gasteiger partial charge in [-0.3, -0.25) is 4.79 Å². The van der Waals surface area contributed by atoms with Crippen molar-refractivity contribution >= 4 is 5.91 Å². The first kappa shape index (κ1) is 17.0. The highest BCUT2D eigenvalue weighted by Gasteiger charge is 2.15. The summed E-state index contributed by atoms with van der Waals surface area (Å²) >= 11 is 0. The Hall–Kier alpha value is -2.40. The number of aliphatic hydroxyl groups is 1. The molecule has 1 N–H and O–H groups in total. The average molecular weight is 317 g/mol. The predicted molar refractivity (Wildman–Crippen MR) is 85.6 cm³/mol. The molecule has 0 fully saturated rings. The van der Waals surface area contributed by atoms with Crippen molar-refractivity contribution in [3.05, 3.63) is 65.5 Å². The number of benzene rings is 2. The summed E-state index contributed by atoms with van der Waals surface area (Å²) in [4.78, 5) is 13.8. The van der Waals surface area contributed by atoms with E-state index in [4.69, 9.17) is 9.84 Å². The lowest BCUT2D eigenvalue weighted by Crippen LogP contribution is -2.36. The summed E-state index contributed by atoms with van der Waals surface area (Å²) in [7, 11) is 0. The first-order chi connectivity index (χ1) is 11.1. The molecule has 0 atom stereocenters. The molecule has 4 nitrogen and oxygen atoms in total. The van der Waals surface area contributed by atoms with Gasteiger partial charge in [-0.05, 0) is 30.2 Å². The lowest BCUT2D eigenvalue weighted by Gasteiger charge is -2.22. The minimum absolute atomic E-state index is 0.0574. The molecule has 0 unspecified atom stereocenters. The number of ether oxygens (including phenoxy) is 1. The monoisotopic (exact) mass is 317 g/mol. The number of aryl methyl sites for hydroxylation is 1. The third-order valence-corrected chi connectivity index (χ3v) is 3.38. The maximum atomic E-state index is 13.6. The fourth-order valence-corrected chi connectivity index (χ4v) is 2.17. The Labute approximate surface area is 135 Å². The molecular formula is C18H20FNO3. The molecule has 2 aromatic carbocycles. The zero-order chi connectivity index (χ0) is 16.7. The van der Waals surface area contributed by atoms with Gasteiger partial charge in [-0.2, -0.15) is 0 Å². The zero-order valence-electron chi connectivity index (χ0n) is 13.0. The normalized spacial score (nSPS) is 10.4. The van der Waals surface area contributed by atoms with Crippen LogP contribution in [0.2, 0.25) is 0 Å². The van der Waals surface area contributed by atoms with Crippen molar-refractivity contribution in [3.8, 4) is 5.75 Å². The van der Waals surface area contributed by atoms with Gasteiger partial charge in [0.05, 0.1) is 6.61 Å². The van der Waals surface area contributed by atoms with Crippen molar-refractivity contribution in [3.63, 3.8) is 0 Å². The molecule has 23 heavy (non-hydrogen) atoms. The van der Waals surface area contributed by atoms with E-state index in [1.807, 2.05) is 37.3 Å². The van der Waals surface area contributed by atoms with Crippen LogP contribution in [0.25, 0.3) is 0 Å². The van der Waals surface area contributed by atoms with Gasteiger partial charge >= 0.3 is 0 Å². The number of carbonyl (C=O) groups excluding carboxylic acids is 1. The van der Waals surface area contributed by atoms with Crippen LogP contribution in [0.15, 0.2) is 48.5 Å². The quantitative estimate of drug-likeness (QED) is 0.854. The summed E-state index contributed by atoms with van der Waals surface area (Å²) in [6, 6.07) is 14.0. The van der Waals surface area contributed by atoms with Gasteiger partial charge in [-0.15, -0.1) is 0 Å². The van der Waals surface area contributed by atoms with Crippen molar-refractivity contribution in [2.45, 2.75) is 13.5 Å². The second-order valence-electron chi connectivity index (χ2n) is 5.25. The van der Waals surface area contributed by atoms with E-state index in [0.29, 0.717) is 6.54 Å². The highest BCUT2D eigenvalue weighted by Crippen LogP contribution is 2.18. The molecule has 0 saturated heterocycles. The molecule has 2 rings (SSSR count). The third kappa shape index (κ3) is 5.07. The van der Waals surface area contributed by atoms with Crippen molar-refractivity contribution in [2.24, 2.45) is 0 Å². The minimum atomic E-state index is -0.500. The molecule has 0 saturated carbocycles. The number of hydrogen-bond donors (Lipinski definition) is 1. The largest absolute Gasteiger partial charge is 0.481 e. The second-order valence-corrected chi connectivity index (χ2v) is 5.25. The highest BCUT2D eigenvalue weighted by molar-refractivity contribution is 5.77. The number of carbonyl (C=O) groups is 1. The minimum Gasteiger partial charge on any atom is -0.481 e. The number of aliphatic hydroxyl groups excluding tert-OH is 1. The zero-order valence-corrected chi connectivity index (χ0v) is 13.0. The summed E-state index contributed by atoms with van der Waals surface area (Å²) < 4.78 is 18.9. The van der Waals surface area contributed by atoms with Crippen molar-refractivity contribution in [1.82, 2.24) is 4.90 Å². The third-order valence-electron chi connectivity index (χ3n) is 3.38. The van der Waals surface area contributed by atoms with Crippen LogP contribution in [0.3, 0.4) is 0 Å². The SMILES string of the molecule is Cc1ccc(F)c(OCC(=O)N(CCO)Cc2ccccc2)c1. The summed E-state index contributed by atoms with van der Waals surface area (Å²) in [5.74, 6) is -0.744. The molecule has 2 aromatic rings. The maximum Gasteiger partial charge on any atom is 0.260 e. The smallest absolute Gasteiger partial charge is 0.260 e. The van der Waals surface area contributed by atoms with Crippen LogP contribution in [0.1, 0.15) is 11.1 Å². The summed E-state index contributed by atoms with van der Waals surface area (Å²) in [6.07, 6.45) is 0. The molecule has 0 aliphatic heterocycles. The van der Waals surface area contributed by atoms with Gasteiger partial charge in [0.2, 0.25) is 0 Å². The summed E-state index contributed by atoms with van der Waals surface area (Å²) in [6.45, 7) is 1.99. The van der Waals surface area contributed by atoms with Gasteiger partial charge in [-0.1, -0.05) is 36.4 Å². The Balaban J connectivity index is 1.99. The van der Waals surface area contributed by atoms with Crippen LogP contribution in [-0.4, -0.2) is 35.7 Å². The molecule has 122 valence electrons. The van der Waals surface area contributed by atoms with Crippen molar-refractivity contribution in [1.29, 1.82) is 0 Å². The van der Waals surface area contributed by atoms with Crippen molar-refractivity contribution in [2.75, 3.05) is 19.8 Å². The van der Waals surface area contributed by atoms with Gasteiger partial charge in [0.15, 0.2) is 18.2 Å². The topological polar surface area (TPSA) is 49.8 Å². The molecule has 0 heterocycles. The Kier molecular flexibility index (Phi) is 6.11. The highest BCUT2D eigenvalue weighted by atomic mass is 19.1. The van der Waals surface area contributed by atoms with E-state index in [2.05, 4.69) is 0 Å². The predicted octanol–water partition coefficient (Wildman–Crippen LogP) is 2.53. The molecule has 0 radical (unpaired) electrons. The Morgan fingerprint density at radius 1 is 1.22 bits per heavy atom. The van der Waals surface area contributed by atoms with E-state index in [1.54, 1.807) is 12.1 Å². The second kappa shape index (κ2) is 8.29. The molecule has 0 spiro atoms. The van der Waals surface area contributed by atoms with E-state index in [9.17, 15) is 9.18 Å². The van der Waals surface area contributed by atoms with E-state index in [0.717, 1.165) is 11.1 Å². The molecular weight excluding hydrogens is 297 g/mol. The number of nitrogens with zero attached hydrogens (tertiary/aromatic N) is 1. The first-order valence-corrected chi connectivity index (χ1v) is 7.41. The van der Waals surface area contributed by atoms with Gasteiger partial charge in [0, 0.05) is 13.1 Å². The fourth-order valence-electron chi connectivity index (χ4n) is 2.17. The number of rotatable bonds is 7. The number of hydrogen-bond acceptors (Lipinski definition) is 3. The first-order valence-electron chi connectivity index (χ1n) is 7.41. The standard InChI is InChI=1S/C18H20FNO3/c1-14-7-8-16(19)17(11-14)23-13-18(22)20(9-10-21)12-15-5-3-2-4-6-15/h2-8,11,21H,9-10,12-13H2,1H3. The molecule has 0 aliphatic rings. The van der Waals surface area contributed by atoms with E-state index in [1.165, 1.54) is 11.0 Å².